The maximum atomic E-state index is 12.4. The number of ether oxygens (including phenoxy) is 1. The van der Waals surface area contributed by atoms with Crippen LogP contribution in [0.1, 0.15) is 10.4 Å². The van der Waals surface area contributed by atoms with E-state index in [2.05, 4.69) is 43.1 Å². The second-order valence-corrected chi connectivity index (χ2v) is 7.99. The number of amides is 2. The van der Waals surface area contributed by atoms with Gasteiger partial charge >= 0.3 is 0 Å². The molecule has 3 aromatic carbocycles. The van der Waals surface area contributed by atoms with Crippen molar-refractivity contribution >= 4 is 56.7 Å². The number of azo groups is 1. The number of carbonyl (C=O) groups is 2. The zero-order valence-electron chi connectivity index (χ0n) is 16.6. The van der Waals surface area contributed by atoms with Crippen LogP contribution in [0.25, 0.3) is 10.9 Å². The molecule has 0 spiro atoms. The third-order valence-electron chi connectivity index (χ3n) is 4.48. The maximum absolute atomic E-state index is 12.4. The number of para-hydroxylation sites is 1. The number of nitrogens with zero attached hydrogens (tertiary/aromatic N) is 2. The molecule has 2 amide bonds. The molecule has 0 unspecified atom stereocenters. The third-order valence-corrected chi connectivity index (χ3v) is 5.15. The molecule has 1 aromatic heterocycles. The molecule has 0 aliphatic heterocycles. The lowest BCUT2D eigenvalue weighted by Crippen LogP contribution is -2.20. The van der Waals surface area contributed by atoms with Gasteiger partial charge in [0.05, 0.1) is 5.52 Å². The Morgan fingerprint density at radius 2 is 1.78 bits per heavy atom. The number of hydrogen-bond acceptors (Lipinski definition) is 5. The fraction of sp³-hybridized carbons (Fsp3) is 0.0435. The van der Waals surface area contributed by atoms with Crippen LogP contribution in [0.15, 0.2) is 83.0 Å². The summed E-state index contributed by atoms with van der Waals surface area (Å²) in [6, 6.07) is 20.8. The van der Waals surface area contributed by atoms with E-state index in [0.29, 0.717) is 27.9 Å². The fourth-order valence-corrected chi connectivity index (χ4v) is 3.44. The van der Waals surface area contributed by atoms with Crippen LogP contribution in [0.5, 0.6) is 11.6 Å². The lowest BCUT2D eigenvalue weighted by atomic mass is 10.2. The van der Waals surface area contributed by atoms with Crippen molar-refractivity contribution < 1.29 is 19.4 Å². The number of nitrogens with one attached hydrogen (secondary N) is 2. The number of hydrogen-bond donors (Lipinski definition) is 3. The Morgan fingerprint density at radius 3 is 2.53 bits per heavy atom. The van der Waals surface area contributed by atoms with E-state index < -0.39 is 5.91 Å². The number of aromatic amines is 1. The van der Waals surface area contributed by atoms with Crippen molar-refractivity contribution in [2.75, 3.05) is 11.9 Å². The zero-order chi connectivity index (χ0) is 22.5. The van der Waals surface area contributed by atoms with Crippen molar-refractivity contribution in [1.29, 1.82) is 0 Å². The van der Waals surface area contributed by atoms with Crippen LogP contribution in [0, 0.1) is 3.57 Å². The predicted molar refractivity (Wildman–Crippen MR) is 129 cm³/mol. The molecule has 4 aromatic rings. The Hall–Kier alpha value is -3.73. The molecule has 0 aliphatic carbocycles. The van der Waals surface area contributed by atoms with Gasteiger partial charge in [-0.25, -0.2) is 0 Å². The predicted octanol–water partition coefficient (Wildman–Crippen LogP) is 5.42. The molecule has 0 fully saturated rings. The van der Waals surface area contributed by atoms with Crippen LogP contribution in [0.4, 0.5) is 11.4 Å². The average molecular weight is 540 g/mol. The second kappa shape index (κ2) is 9.60. The molecule has 0 radical (unpaired) electrons. The number of anilines is 1. The van der Waals surface area contributed by atoms with E-state index in [1.807, 2.05) is 36.4 Å². The van der Waals surface area contributed by atoms with Crippen LogP contribution in [0.2, 0.25) is 0 Å². The molecule has 0 aliphatic rings. The second-order valence-electron chi connectivity index (χ2n) is 6.74. The number of carbonyl (C=O) groups excluding carboxylic acids is 2. The molecular weight excluding hydrogens is 523 g/mol. The van der Waals surface area contributed by atoms with Gasteiger partial charge in [-0.05, 0) is 77.2 Å². The Kier molecular flexibility index (Phi) is 6.45. The SMILES string of the molecule is O=C(COc1ccccc1)Nc1ccc(C(=O)N=Nc2c(O)[nH]c3ccc(I)cc23)cc1. The maximum Gasteiger partial charge on any atom is 0.295 e. The summed E-state index contributed by atoms with van der Waals surface area (Å²) in [6.45, 7) is -0.133. The number of halogens is 1. The first-order chi connectivity index (χ1) is 15.5. The summed E-state index contributed by atoms with van der Waals surface area (Å²) in [5.74, 6) is -0.453. The zero-order valence-corrected chi connectivity index (χ0v) is 18.7. The van der Waals surface area contributed by atoms with E-state index >= 15 is 0 Å². The summed E-state index contributed by atoms with van der Waals surface area (Å²) < 4.78 is 6.36. The first-order valence-corrected chi connectivity index (χ1v) is 10.6. The van der Waals surface area contributed by atoms with Crippen molar-refractivity contribution in [2.45, 2.75) is 0 Å². The van der Waals surface area contributed by atoms with Gasteiger partial charge in [-0.2, -0.15) is 0 Å². The molecule has 0 saturated carbocycles. The van der Waals surface area contributed by atoms with Crippen LogP contribution >= 0.6 is 22.6 Å². The molecule has 1 heterocycles. The number of aromatic nitrogens is 1. The van der Waals surface area contributed by atoms with Gasteiger partial charge in [0, 0.05) is 20.2 Å². The topological polar surface area (TPSA) is 116 Å². The number of benzene rings is 3. The summed E-state index contributed by atoms with van der Waals surface area (Å²) in [5.41, 5.74) is 1.71. The lowest BCUT2D eigenvalue weighted by molar-refractivity contribution is -0.118. The summed E-state index contributed by atoms with van der Waals surface area (Å²) in [6.07, 6.45) is 0. The Labute approximate surface area is 196 Å². The van der Waals surface area contributed by atoms with E-state index in [0.717, 1.165) is 3.57 Å². The quantitative estimate of drug-likeness (QED) is 0.224. The highest BCUT2D eigenvalue weighted by atomic mass is 127. The summed E-state index contributed by atoms with van der Waals surface area (Å²) in [7, 11) is 0. The molecule has 8 nitrogen and oxygen atoms in total. The fourth-order valence-electron chi connectivity index (χ4n) is 2.95. The van der Waals surface area contributed by atoms with Crippen LogP contribution in [-0.4, -0.2) is 28.5 Å². The molecule has 4 rings (SSSR count). The van der Waals surface area contributed by atoms with Gasteiger partial charge in [-0.3, -0.25) is 9.59 Å². The van der Waals surface area contributed by atoms with Crippen LogP contribution < -0.4 is 10.1 Å². The number of rotatable bonds is 6. The monoisotopic (exact) mass is 540 g/mol. The van der Waals surface area contributed by atoms with Crippen molar-refractivity contribution in [3.63, 3.8) is 0 Å². The first-order valence-electron chi connectivity index (χ1n) is 9.53. The lowest BCUT2D eigenvalue weighted by Gasteiger charge is -2.07. The summed E-state index contributed by atoms with van der Waals surface area (Å²) >= 11 is 2.15. The highest BCUT2D eigenvalue weighted by Gasteiger charge is 2.12. The van der Waals surface area contributed by atoms with Crippen LogP contribution in [0.3, 0.4) is 0 Å². The molecule has 9 heteroatoms. The smallest absolute Gasteiger partial charge is 0.295 e. The summed E-state index contributed by atoms with van der Waals surface area (Å²) in [4.78, 5) is 27.2. The number of H-pyrrole nitrogens is 1. The van der Waals surface area contributed by atoms with Crippen molar-refractivity contribution in [3.05, 3.63) is 81.9 Å². The Morgan fingerprint density at radius 1 is 1.03 bits per heavy atom. The molecule has 3 N–H and O–H groups in total. The van der Waals surface area contributed by atoms with Gasteiger partial charge in [0.2, 0.25) is 5.88 Å². The van der Waals surface area contributed by atoms with E-state index in [-0.39, 0.29) is 24.1 Å². The number of aromatic hydroxyl groups is 1. The Bertz CT molecular complexity index is 1300. The van der Waals surface area contributed by atoms with E-state index in [1.54, 1.807) is 24.3 Å². The van der Waals surface area contributed by atoms with Gasteiger partial charge in [-0.15, -0.1) is 10.2 Å². The van der Waals surface area contributed by atoms with Crippen molar-refractivity contribution in [3.8, 4) is 11.6 Å². The standard InChI is InChI=1S/C23H17IN4O4/c24-15-8-11-19-18(12-15)21(23(31)26-19)27-28-22(30)14-6-9-16(10-7-14)25-20(29)13-32-17-4-2-1-3-5-17/h1-12,26,31H,13H2,(H,25,29). The largest absolute Gasteiger partial charge is 0.493 e. The molecule has 0 bridgehead atoms. The minimum atomic E-state index is -0.574. The molecular formula is C23H17IN4O4. The highest BCUT2D eigenvalue weighted by Crippen LogP contribution is 2.36. The van der Waals surface area contributed by atoms with Gasteiger partial charge in [0.25, 0.3) is 11.8 Å². The molecule has 32 heavy (non-hydrogen) atoms. The molecule has 0 atom stereocenters. The van der Waals surface area contributed by atoms with Gasteiger partial charge in [0.15, 0.2) is 12.3 Å². The summed E-state index contributed by atoms with van der Waals surface area (Å²) in [5, 5.41) is 21.1. The van der Waals surface area contributed by atoms with E-state index in [1.165, 1.54) is 12.1 Å². The minimum Gasteiger partial charge on any atom is -0.493 e. The van der Waals surface area contributed by atoms with Gasteiger partial charge in [-0.1, -0.05) is 18.2 Å². The van der Waals surface area contributed by atoms with Gasteiger partial charge in [0.1, 0.15) is 5.75 Å². The highest BCUT2D eigenvalue weighted by molar-refractivity contribution is 14.1. The minimum absolute atomic E-state index is 0.133. The number of fused-ring (bicyclic) bond motifs is 1. The van der Waals surface area contributed by atoms with Crippen LogP contribution in [-0.2, 0) is 4.79 Å². The third kappa shape index (κ3) is 5.11. The Balaban J connectivity index is 1.38. The van der Waals surface area contributed by atoms with Gasteiger partial charge < -0.3 is 20.1 Å². The average Bonchev–Trinajstić information content (AvgIpc) is 3.11. The van der Waals surface area contributed by atoms with E-state index in [4.69, 9.17) is 4.74 Å². The normalized spacial score (nSPS) is 11.0. The van der Waals surface area contributed by atoms with E-state index in [9.17, 15) is 14.7 Å². The van der Waals surface area contributed by atoms with Crippen molar-refractivity contribution in [2.24, 2.45) is 10.2 Å². The van der Waals surface area contributed by atoms with Crippen molar-refractivity contribution in [1.82, 2.24) is 4.98 Å². The molecule has 0 saturated heterocycles. The molecule has 160 valence electrons. The first kappa shape index (κ1) is 21.5.